The van der Waals surface area contributed by atoms with Crippen molar-refractivity contribution in [1.82, 2.24) is 10.3 Å². The minimum Gasteiger partial charge on any atom is -0.482 e. The van der Waals surface area contributed by atoms with Crippen molar-refractivity contribution in [3.8, 4) is 5.75 Å². The van der Waals surface area contributed by atoms with Crippen molar-refractivity contribution in [3.05, 3.63) is 22.9 Å². The smallest absolute Gasteiger partial charge is 0.257 e. The molecule has 0 bridgehead atoms. The second kappa shape index (κ2) is 7.22. The number of hydrogen-bond acceptors (Lipinski definition) is 3. The molecule has 1 aromatic heterocycles. The molecule has 0 aromatic carbocycles. The number of nitrogens with one attached hydrogen (secondary N) is 1. The number of unbranched alkanes of at least 4 members (excludes halogenated alkanes) is 1. The van der Waals surface area contributed by atoms with Crippen LogP contribution in [0, 0.1) is 0 Å². The van der Waals surface area contributed by atoms with Gasteiger partial charge in [0.1, 0.15) is 5.75 Å². The maximum absolute atomic E-state index is 11.3. The number of hydrogen-bond donors (Lipinski definition) is 1. The van der Waals surface area contributed by atoms with Crippen LogP contribution in [0.15, 0.2) is 22.9 Å². The molecule has 0 aliphatic rings. The monoisotopic (exact) mass is 286 g/mol. The van der Waals surface area contributed by atoms with Crippen LogP contribution in [0.1, 0.15) is 19.8 Å². The van der Waals surface area contributed by atoms with Crippen LogP contribution in [0.4, 0.5) is 0 Å². The number of carbonyl (C=O) groups is 1. The number of ether oxygens (including phenoxy) is 1. The number of halogens is 1. The Morgan fingerprint density at radius 3 is 3.06 bits per heavy atom. The number of aromatic nitrogens is 1. The van der Waals surface area contributed by atoms with Gasteiger partial charge in [-0.25, -0.2) is 0 Å². The maximum Gasteiger partial charge on any atom is 0.257 e. The number of rotatable bonds is 6. The van der Waals surface area contributed by atoms with Gasteiger partial charge in [0.05, 0.1) is 6.20 Å². The number of amides is 1. The van der Waals surface area contributed by atoms with Crippen molar-refractivity contribution in [2.75, 3.05) is 13.2 Å². The van der Waals surface area contributed by atoms with Crippen LogP contribution in [-0.2, 0) is 4.79 Å². The van der Waals surface area contributed by atoms with E-state index in [1.807, 2.05) is 0 Å². The molecule has 0 saturated heterocycles. The third-order valence-corrected chi connectivity index (χ3v) is 2.34. The summed E-state index contributed by atoms with van der Waals surface area (Å²) in [6.07, 6.45) is 5.29. The van der Waals surface area contributed by atoms with Gasteiger partial charge in [-0.05, 0) is 28.4 Å². The predicted molar refractivity (Wildman–Crippen MR) is 65.3 cm³/mol. The van der Waals surface area contributed by atoms with Gasteiger partial charge in [0, 0.05) is 17.2 Å². The molecule has 88 valence electrons. The first-order valence-electron chi connectivity index (χ1n) is 5.22. The molecule has 0 fully saturated rings. The van der Waals surface area contributed by atoms with Crippen molar-refractivity contribution in [1.29, 1.82) is 0 Å². The van der Waals surface area contributed by atoms with Crippen molar-refractivity contribution >= 4 is 21.8 Å². The molecule has 1 amide bonds. The second-order valence-corrected chi connectivity index (χ2v) is 4.25. The Balaban J connectivity index is 2.26. The molecule has 1 rings (SSSR count). The van der Waals surface area contributed by atoms with Crippen LogP contribution in [-0.4, -0.2) is 24.0 Å². The summed E-state index contributed by atoms with van der Waals surface area (Å²) in [5.41, 5.74) is 0. The molecule has 4 nitrogen and oxygen atoms in total. The topological polar surface area (TPSA) is 51.2 Å². The minimum absolute atomic E-state index is 0.0296. The predicted octanol–water partition coefficient (Wildman–Crippen LogP) is 2.14. The average Bonchev–Trinajstić information content (AvgIpc) is 2.27. The average molecular weight is 287 g/mol. The van der Waals surface area contributed by atoms with Gasteiger partial charge in [0.2, 0.25) is 0 Å². The van der Waals surface area contributed by atoms with Gasteiger partial charge in [-0.15, -0.1) is 0 Å². The van der Waals surface area contributed by atoms with Crippen LogP contribution in [0.3, 0.4) is 0 Å². The zero-order chi connectivity index (χ0) is 11.8. The first-order valence-corrected chi connectivity index (χ1v) is 6.01. The molecule has 0 unspecified atom stereocenters. The van der Waals surface area contributed by atoms with E-state index < -0.39 is 0 Å². The highest BCUT2D eigenvalue weighted by molar-refractivity contribution is 9.10. The molecule has 0 atom stereocenters. The molecule has 16 heavy (non-hydrogen) atoms. The van der Waals surface area contributed by atoms with Gasteiger partial charge in [-0.2, -0.15) is 0 Å². The Bertz CT molecular complexity index is 345. The normalized spacial score (nSPS) is 9.88. The maximum atomic E-state index is 11.3. The van der Waals surface area contributed by atoms with Gasteiger partial charge < -0.3 is 10.1 Å². The quantitative estimate of drug-likeness (QED) is 0.815. The summed E-state index contributed by atoms with van der Waals surface area (Å²) in [4.78, 5) is 15.2. The highest BCUT2D eigenvalue weighted by Gasteiger charge is 2.02. The molecule has 0 aliphatic heterocycles. The highest BCUT2D eigenvalue weighted by Crippen LogP contribution is 2.15. The lowest BCUT2D eigenvalue weighted by molar-refractivity contribution is -0.123. The Kier molecular flexibility index (Phi) is 5.85. The molecule has 0 spiro atoms. The number of pyridine rings is 1. The second-order valence-electron chi connectivity index (χ2n) is 3.33. The summed E-state index contributed by atoms with van der Waals surface area (Å²) >= 11 is 3.28. The fourth-order valence-electron chi connectivity index (χ4n) is 1.08. The minimum atomic E-state index is -0.103. The van der Waals surface area contributed by atoms with Crippen LogP contribution in [0.2, 0.25) is 0 Å². The van der Waals surface area contributed by atoms with Crippen LogP contribution in [0.25, 0.3) is 0 Å². The summed E-state index contributed by atoms with van der Waals surface area (Å²) < 4.78 is 6.10. The van der Waals surface area contributed by atoms with E-state index in [4.69, 9.17) is 4.74 Å². The van der Waals surface area contributed by atoms with E-state index in [1.54, 1.807) is 18.5 Å². The lowest BCUT2D eigenvalue weighted by Gasteiger charge is -2.06. The van der Waals surface area contributed by atoms with Crippen LogP contribution in [0.5, 0.6) is 5.75 Å². The molecule has 0 aliphatic carbocycles. The van der Waals surface area contributed by atoms with E-state index in [1.165, 1.54) is 0 Å². The van der Waals surface area contributed by atoms with Gasteiger partial charge in [-0.1, -0.05) is 13.3 Å². The Labute approximate surface area is 104 Å². The molecular formula is C11H15BrN2O2. The van der Waals surface area contributed by atoms with Crippen molar-refractivity contribution < 1.29 is 9.53 Å². The van der Waals surface area contributed by atoms with E-state index in [0.717, 1.165) is 17.3 Å². The van der Waals surface area contributed by atoms with Gasteiger partial charge >= 0.3 is 0 Å². The third kappa shape index (κ3) is 5.11. The molecular weight excluding hydrogens is 272 g/mol. The summed E-state index contributed by atoms with van der Waals surface area (Å²) in [7, 11) is 0. The fourth-order valence-corrected chi connectivity index (χ4v) is 1.42. The summed E-state index contributed by atoms with van der Waals surface area (Å²) in [5.74, 6) is 0.480. The Morgan fingerprint density at radius 1 is 1.56 bits per heavy atom. The van der Waals surface area contributed by atoms with E-state index in [2.05, 4.69) is 33.2 Å². The zero-order valence-electron chi connectivity index (χ0n) is 9.20. The summed E-state index contributed by atoms with van der Waals surface area (Å²) in [6, 6.07) is 1.77. The molecule has 1 N–H and O–H groups in total. The highest BCUT2D eigenvalue weighted by atomic mass is 79.9. The largest absolute Gasteiger partial charge is 0.482 e. The summed E-state index contributed by atoms with van der Waals surface area (Å²) in [5, 5.41) is 2.77. The third-order valence-electron chi connectivity index (χ3n) is 1.90. The van der Waals surface area contributed by atoms with Gasteiger partial charge in [0.25, 0.3) is 5.91 Å². The molecule has 1 aromatic rings. The van der Waals surface area contributed by atoms with Crippen molar-refractivity contribution in [3.63, 3.8) is 0 Å². The fraction of sp³-hybridized carbons (Fsp3) is 0.455. The summed E-state index contributed by atoms with van der Waals surface area (Å²) in [6.45, 7) is 2.81. The molecule has 0 saturated carbocycles. The lowest BCUT2D eigenvalue weighted by Crippen LogP contribution is -2.29. The van der Waals surface area contributed by atoms with Gasteiger partial charge in [-0.3, -0.25) is 9.78 Å². The van der Waals surface area contributed by atoms with E-state index in [-0.39, 0.29) is 12.5 Å². The van der Waals surface area contributed by atoms with Crippen LogP contribution >= 0.6 is 15.9 Å². The van der Waals surface area contributed by atoms with Crippen molar-refractivity contribution in [2.45, 2.75) is 19.8 Å². The first-order chi connectivity index (χ1) is 7.72. The molecule has 1 heterocycles. The van der Waals surface area contributed by atoms with Crippen LogP contribution < -0.4 is 10.1 Å². The standard InChI is InChI=1S/C11H15BrN2O2/c1-2-3-4-14-11(15)8-16-10-5-9(12)6-13-7-10/h5-7H,2-4,8H2,1H3,(H,14,15). The number of nitrogens with zero attached hydrogens (tertiary/aromatic N) is 1. The first kappa shape index (κ1) is 13.0. The molecule has 5 heteroatoms. The van der Waals surface area contributed by atoms with E-state index in [9.17, 15) is 4.79 Å². The zero-order valence-corrected chi connectivity index (χ0v) is 10.8. The molecule has 0 radical (unpaired) electrons. The Morgan fingerprint density at radius 2 is 2.38 bits per heavy atom. The number of carbonyl (C=O) groups excluding carboxylic acids is 1. The van der Waals surface area contributed by atoms with Crippen molar-refractivity contribution in [2.24, 2.45) is 0 Å². The van der Waals surface area contributed by atoms with E-state index in [0.29, 0.717) is 12.3 Å². The van der Waals surface area contributed by atoms with E-state index >= 15 is 0 Å². The Hall–Kier alpha value is -1.10. The van der Waals surface area contributed by atoms with Gasteiger partial charge in [0.15, 0.2) is 6.61 Å². The SMILES string of the molecule is CCCCNC(=O)COc1cncc(Br)c1. The lowest BCUT2D eigenvalue weighted by atomic mass is 10.3.